The Morgan fingerprint density at radius 2 is 2.15 bits per heavy atom. The van der Waals surface area contributed by atoms with Crippen molar-refractivity contribution >= 4 is 29.0 Å². The number of ether oxygens (including phenoxy) is 1. The fourth-order valence-corrected chi connectivity index (χ4v) is 1.49. The van der Waals surface area contributed by atoms with Crippen molar-refractivity contribution in [3.8, 4) is 5.75 Å². The van der Waals surface area contributed by atoms with Crippen molar-refractivity contribution in [1.82, 2.24) is 4.98 Å². The lowest BCUT2D eigenvalue weighted by Crippen LogP contribution is -1.86. The Balaban J connectivity index is 2.70. The summed E-state index contributed by atoms with van der Waals surface area (Å²) in [6.07, 6.45) is 0. The van der Waals surface area contributed by atoms with Gasteiger partial charge in [-0.05, 0) is 12.1 Å². The normalized spacial score (nSPS) is 10.2. The molecule has 0 unspecified atom stereocenters. The van der Waals surface area contributed by atoms with E-state index in [0.29, 0.717) is 17.4 Å². The fourth-order valence-electron chi connectivity index (χ4n) is 1.25. The van der Waals surface area contributed by atoms with Crippen LogP contribution in [-0.4, -0.2) is 11.5 Å². The lowest BCUT2D eigenvalue weighted by Gasteiger charge is -1.93. The highest BCUT2D eigenvalue weighted by atomic mass is 35.5. The van der Waals surface area contributed by atoms with Crippen molar-refractivity contribution in [2.45, 2.75) is 0 Å². The first-order valence-electron chi connectivity index (χ1n) is 3.69. The van der Waals surface area contributed by atoms with Gasteiger partial charge in [-0.25, -0.2) is 0 Å². The summed E-state index contributed by atoms with van der Waals surface area (Å²) >= 11 is 5.81. The zero-order chi connectivity index (χ0) is 9.26. The van der Waals surface area contributed by atoms with Crippen LogP contribution in [0.3, 0.4) is 0 Å². The average molecular weight is 196 g/mol. The molecule has 0 aliphatic heterocycles. The molecule has 0 amide bonds. The molecule has 0 radical (unpaired) electrons. The largest absolute Gasteiger partial charge is 0.425 e. The van der Waals surface area contributed by atoms with Gasteiger partial charge in [0.1, 0.15) is 0 Å². The number of carbonyl (C=O) groups is 1. The third-order valence-corrected chi connectivity index (χ3v) is 2.05. The second-order valence-electron chi connectivity index (χ2n) is 2.53. The fraction of sp³-hybridized carbons (Fsp3) is 0. The molecule has 2 rings (SSSR count). The van der Waals surface area contributed by atoms with Crippen LogP contribution >= 0.6 is 11.6 Å². The van der Waals surface area contributed by atoms with Crippen LogP contribution in [0, 0.1) is 0 Å². The smallest absolute Gasteiger partial charge is 0.298 e. The number of aromatic nitrogens is 1. The highest BCUT2D eigenvalue weighted by molar-refractivity contribution is 6.32. The maximum Gasteiger partial charge on any atom is 0.298 e. The second kappa shape index (κ2) is 3.11. The Morgan fingerprint density at radius 1 is 1.38 bits per heavy atom. The van der Waals surface area contributed by atoms with Crippen LogP contribution in [0.5, 0.6) is 5.75 Å². The van der Waals surface area contributed by atoms with Crippen molar-refractivity contribution in [2.75, 3.05) is 0 Å². The van der Waals surface area contributed by atoms with Gasteiger partial charge in [-0.1, -0.05) is 23.7 Å². The molecule has 4 heteroatoms. The summed E-state index contributed by atoms with van der Waals surface area (Å²) in [5, 5.41) is 1.15. The van der Waals surface area contributed by atoms with Crippen LogP contribution in [0.15, 0.2) is 24.3 Å². The van der Waals surface area contributed by atoms with Crippen molar-refractivity contribution in [2.24, 2.45) is 0 Å². The first-order valence-corrected chi connectivity index (χ1v) is 4.07. The van der Waals surface area contributed by atoms with Gasteiger partial charge in [-0.2, -0.15) is 0 Å². The highest BCUT2D eigenvalue weighted by Crippen LogP contribution is 2.32. The second-order valence-corrected chi connectivity index (χ2v) is 2.91. The zero-order valence-corrected chi connectivity index (χ0v) is 7.34. The molecule has 1 aromatic carbocycles. The molecule has 13 heavy (non-hydrogen) atoms. The molecule has 0 aliphatic carbocycles. The van der Waals surface area contributed by atoms with Gasteiger partial charge in [-0.3, -0.25) is 4.79 Å². The number of H-pyrrole nitrogens is 1. The van der Waals surface area contributed by atoms with Crippen LogP contribution < -0.4 is 4.74 Å². The van der Waals surface area contributed by atoms with Crippen LogP contribution in [-0.2, 0) is 4.79 Å². The van der Waals surface area contributed by atoms with E-state index in [9.17, 15) is 4.79 Å². The number of rotatable bonds is 2. The molecule has 0 fully saturated rings. The molecule has 0 saturated heterocycles. The van der Waals surface area contributed by atoms with E-state index in [1.165, 1.54) is 0 Å². The van der Waals surface area contributed by atoms with Crippen molar-refractivity contribution < 1.29 is 9.53 Å². The van der Waals surface area contributed by atoms with Crippen molar-refractivity contribution in [3.63, 3.8) is 0 Å². The molecule has 0 atom stereocenters. The van der Waals surface area contributed by atoms with Crippen molar-refractivity contribution in [1.29, 1.82) is 0 Å². The lowest BCUT2D eigenvalue weighted by atomic mass is 10.2. The quantitative estimate of drug-likeness (QED) is 0.748. The zero-order valence-electron chi connectivity index (χ0n) is 6.58. The SMILES string of the molecule is O=COc1c(Cl)[nH]c2ccccc12. The molecule has 0 saturated carbocycles. The van der Waals surface area contributed by atoms with Gasteiger partial charge in [0.15, 0.2) is 10.9 Å². The lowest BCUT2D eigenvalue weighted by molar-refractivity contribution is -0.120. The minimum Gasteiger partial charge on any atom is -0.425 e. The van der Waals surface area contributed by atoms with Crippen LogP contribution in [0.25, 0.3) is 10.9 Å². The Kier molecular flexibility index (Phi) is 1.94. The first-order chi connectivity index (χ1) is 6.33. The van der Waals surface area contributed by atoms with E-state index in [1.807, 2.05) is 24.3 Å². The molecule has 1 N–H and O–H groups in total. The summed E-state index contributed by atoms with van der Waals surface area (Å²) in [7, 11) is 0. The standard InChI is InChI=1S/C9H6ClNO2/c10-9-8(13-5-12)6-3-1-2-4-7(6)11-9/h1-5,11H. The van der Waals surface area contributed by atoms with Crippen LogP contribution in [0.4, 0.5) is 0 Å². The van der Waals surface area contributed by atoms with Gasteiger partial charge in [0.2, 0.25) is 0 Å². The summed E-state index contributed by atoms with van der Waals surface area (Å²) in [5.41, 5.74) is 0.851. The number of para-hydroxylation sites is 1. The molecule has 66 valence electrons. The molecule has 0 spiro atoms. The number of nitrogens with one attached hydrogen (secondary N) is 1. The molecular weight excluding hydrogens is 190 g/mol. The Labute approximate surface area is 79.3 Å². The topological polar surface area (TPSA) is 42.1 Å². The number of benzene rings is 1. The van der Waals surface area contributed by atoms with Gasteiger partial charge in [-0.15, -0.1) is 0 Å². The van der Waals surface area contributed by atoms with E-state index in [4.69, 9.17) is 16.3 Å². The number of halogens is 1. The minimum atomic E-state index is 0.341. The highest BCUT2D eigenvalue weighted by Gasteiger charge is 2.09. The van der Waals surface area contributed by atoms with Gasteiger partial charge in [0.25, 0.3) is 6.47 Å². The number of aromatic amines is 1. The van der Waals surface area contributed by atoms with Crippen LogP contribution in [0.1, 0.15) is 0 Å². The monoisotopic (exact) mass is 195 g/mol. The minimum absolute atomic E-state index is 0.341. The molecule has 2 aromatic rings. The molecule has 0 bridgehead atoms. The van der Waals surface area contributed by atoms with Gasteiger partial charge in [0.05, 0.1) is 5.52 Å². The van der Waals surface area contributed by atoms with E-state index >= 15 is 0 Å². The molecular formula is C9H6ClNO2. The summed E-state index contributed by atoms with van der Waals surface area (Å²) < 4.78 is 4.75. The average Bonchev–Trinajstić information content (AvgIpc) is 2.44. The maximum absolute atomic E-state index is 10.2. The Bertz CT molecular complexity index is 450. The molecule has 1 heterocycles. The van der Waals surface area contributed by atoms with Crippen LogP contribution in [0.2, 0.25) is 5.15 Å². The third-order valence-electron chi connectivity index (χ3n) is 1.78. The van der Waals surface area contributed by atoms with E-state index in [0.717, 1.165) is 10.9 Å². The van der Waals surface area contributed by atoms with Gasteiger partial charge in [0, 0.05) is 5.39 Å². The van der Waals surface area contributed by atoms with E-state index in [1.54, 1.807) is 0 Å². The summed E-state index contributed by atoms with van der Waals surface area (Å²) in [4.78, 5) is 13.1. The Morgan fingerprint density at radius 3 is 2.92 bits per heavy atom. The molecule has 0 aliphatic rings. The van der Waals surface area contributed by atoms with E-state index in [2.05, 4.69) is 4.98 Å². The van der Waals surface area contributed by atoms with Gasteiger partial charge >= 0.3 is 0 Å². The molecule has 1 aromatic heterocycles. The van der Waals surface area contributed by atoms with Gasteiger partial charge < -0.3 is 9.72 Å². The predicted octanol–water partition coefficient (Wildman–Crippen LogP) is 2.36. The number of fused-ring (bicyclic) bond motifs is 1. The predicted molar refractivity (Wildman–Crippen MR) is 50.0 cm³/mol. The number of hydrogen-bond acceptors (Lipinski definition) is 2. The number of carbonyl (C=O) groups excluding carboxylic acids is 1. The molecule has 3 nitrogen and oxygen atoms in total. The summed E-state index contributed by atoms with van der Waals surface area (Å²) in [6.45, 7) is 0.363. The third kappa shape index (κ3) is 1.27. The summed E-state index contributed by atoms with van der Waals surface area (Å²) in [5.74, 6) is 0.382. The maximum atomic E-state index is 10.2. The summed E-state index contributed by atoms with van der Waals surface area (Å²) in [6, 6.07) is 7.42. The Hall–Kier alpha value is -1.48. The number of hydrogen-bond donors (Lipinski definition) is 1. The first kappa shape index (κ1) is 8.13. The van der Waals surface area contributed by atoms with E-state index in [-0.39, 0.29) is 0 Å². The van der Waals surface area contributed by atoms with E-state index < -0.39 is 0 Å². The van der Waals surface area contributed by atoms with Crippen molar-refractivity contribution in [3.05, 3.63) is 29.4 Å².